The molecule has 1 aliphatic rings. The van der Waals surface area contributed by atoms with Gasteiger partial charge in [0.1, 0.15) is 0 Å². The van der Waals surface area contributed by atoms with Gasteiger partial charge in [-0.1, -0.05) is 35.5 Å². The van der Waals surface area contributed by atoms with Gasteiger partial charge in [0.2, 0.25) is 11.7 Å². The molecule has 94 valence electrons. The average Bonchev–Trinajstić information content (AvgIpc) is 3.01. The van der Waals surface area contributed by atoms with Crippen LogP contribution in [0.5, 0.6) is 0 Å². The third kappa shape index (κ3) is 2.42. The van der Waals surface area contributed by atoms with Crippen LogP contribution in [-0.2, 0) is 6.54 Å². The van der Waals surface area contributed by atoms with Crippen molar-refractivity contribution >= 4 is 0 Å². The minimum atomic E-state index is 0.279. The van der Waals surface area contributed by atoms with Gasteiger partial charge in [0, 0.05) is 24.7 Å². The predicted molar refractivity (Wildman–Crippen MR) is 67.6 cm³/mol. The van der Waals surface area contributed by atoms with Gasteiger partial charge in [-0.15, -0.1) is 0 Å². The molecule has 1 unspecified atom stereocenters. The largest absolute Gasteiger partial charge is 0.338 e. The van der Waals surface area contributed by atoms with Crippen LogP contribution >= 0.6 is 0 Å². The SMILES string of the molecule is NC1CCN(Cc2nc(-c3ccccc3)no2)C1. The predicted octanol–water partition coefficient (Wildman–Crippen LogP) is 1.27. The summed E-state index contributed by atoms with van der Waals surface area (Å²) in [7, 11) is 0. The van der Waals surface area contributed by atoms with Crippen molar-refractivity contribution < 1.29 is 4.52 Å². The third-order valence-electron chi connectivity index (χ3n) is 3.17. The lowest BCUT2D eigenvalue weighted by molar-refractivity contribution is 0.265. The van der Waals surface area contributed by atoms with E-state index >= 15 is 0 Å². The molecule has 5 nitrogen and oxygen atoms in total. The van der Waals surface area contributed by atoms with Gasteiger partial charge < -0.3 is 10.3 Å². The second-order valence-corrected chi connectivity index (χ2v) is 4.66. The number of hydrogen-bond acceptors (Lipinski definition) is 5. The lowest BCUT2D eigenvalue weighted by atomic mass is 10.2. The van der Waals surface area contributed by atoms with Crippen LogP contribution in [0.25, 0.3) is 11.4 Å². The van der Waals surface area contributed by atoms with E-state index in [0.717, 1.165) is 25.1 Å². The summed E-state index contributed by atoms with van der Waals surface area (Å²) in [5, 5.41) is 4.00. The average molecular weight is 244 g/mol. The highest BCUT2D eigenvalue weighted by Crippen LogP contribution is 2.16. The molecule has 0 radical (unpaired) electrons. The van der Waals surface area contributed by atoms with E-state index < -0.39 is 0 Å². The molecule has 1 atom stereocenters. The summed E-state index contributed by atoms with van der Waals surface area (Å²) >= 11 is 0. The molecular formula is C13H16N4O. The fourth-order valence-electron chi connectivity index (χ4n) is 2.22. The smallest absolute Gasteiger partial charge is 0.241 e. The molecule has 0 spiro atoms. The highest BCUT2D eigenvalue weighted by atomic mass is 16.5. The molecule has 1 fully saturated rings. The Bertz CT molecular complexity index is 511. The Balaban J connectivity index is 1.70. The maximum Gasteiger partial charge on any atom is 0.241 e. The van der Waals surface area contributed by atoms with Crippen LogP contribution in [0.1, 0.15) is 12.3 Å². The molecule has 1 aromatic carbocycles. The number of benzene rings is 1. The highest BCUT2D eigenvalue weighted by molar-refractivity contribution is 5.53. The van der Waals surface area contributed by atoms with Crippen LogP contribution < -0.4 is 5.73 Å². The van der Waals surface area contributed by atoms with E-state index in [1.807, 2.05) is 30.3 Å². The molecule has 1 saturated heterocycles. The maximum absolute atomic E-state index is 5.87. The second kappa shape index (κ2) is 4.88. The Morgan fingerprint density at radius 2 is 2.17 bits per heavy atom. The van der Waals surface area contributed by atoms with Crippen LogP contribution in [0.4, 0.5) is 0 Å². The minimum Gasteiger partial charge on any atom is -0.338 e. The maximum atomic E-state index is 5.87. The molecule has 3 rings (SSSR count). The molecule has 0 aliphatic carbocycles. The summed E-state index contributed by atoms with van der Waals surface area (Å²) in [5.74, 6) is 1.30. The molecule has 2 N–H and O–H groups in total. The van der Waals surface area contributed by atoms with Crippen molar-refractivity contribution in [2.24, 2.45) is 5.73 Å². The molecule has 0 amide bonds. The zero-order chi connectivity index (χ0) is 12.4. The normalized spacial score (nSPS) is 20.4. The van der Waals surface area contributed by atoms with Crippen molar-refractivity contribution in [1.82, 2.24) is 15.0 Å². The van der Waals surface area contributed by atoms with Gasteiger partial charge >= 0.3 is 0 Å². The number of nitrogens with two attached hydrogens (primary N) is 1. The van der Waals surface area contributed by atoms with E-state index in [1.165, 1.54) is 0 Å². The van der Waals surface area contributed by atoms with Crippen LogP contribution in [0.2, 0.25) is 0 Å². The van der Waals surface area contributed by atoms with Gasteiger partial charge in [-0.05, 0) is 6.42 Å². The lowest BCUT2D eigenvalue weighted by Gasteiger charge is -2.10. The molecule has 2 aromatic rings. The zero-order valence-electron chi connectivity index (χ0n) is 10.1. The van der Waals surface area contributed by atoms with E-state index in [4.69, 9.17) is 10.3 Å². The van der Waals surface area contributed by atoms with E-state index in [0.29, 0.717) is 18.3 Å². The van der Waals surface area contributed by atoms with Gasteiger partial charge in [-0.3, -0.25) is 4.90 Å². The fourth-order valence-corrected chi connectivity index (χ4v) is 2.22. The third-order valence-corrected chi connectivity index (χ3v) is 3.17. The van der Waals surface area contributed by atoms with Gasteiger partial charge in [0.15, 0.2) is 0 Å². The van der Waals surface area contributed by atoms with Crippen molar-refractivity contribution in [3.63, 3.8) is 0 Å². The van der Waals surface area contributed by atoms with E-state index in [2.05, 4.69) is 15.0 Å². The summed E-state index contributed by atoms with van der Waals surface area (Å²) in [6.45, 7) is 2.60. The van der Waals surface area contributed by atoms with Gasteiger partial charge in [0.05, 0.1) is 6.54 Å². The summed E-state index contributed by atoms with van der Waals surface area (Å²) in [6, 6.07) is 10.1. The Morgan fingerprint density at radius 1 is 1.33 bits per heavy atom. The molecule has 1 aromatic heterocycles. The first-order chi connectivity index (χ1) is 8.81. The van der Waals surface area contributed by atoms with Crippen molar-refractivity contribution in [1.29, 1.82) is 0 Å². The summed E-state index contributed by atoms with van der Waals surface area (Å²) in [5.41, 5.74) is 6.84. The number of likely N-dealkylation sites (tertiary alicyclic amines) is 1. The first kappa shape index (κ1) is 11.4. The van der Waals surface area contributed by atoms with Crippen molar-refractivity contribution in [3.05, 3.63) is 36.2 Å². The highest BCUT2D eigenvalue weighted by Gasteiger charge is 2.21. The summed E-state index contributed by atoms with van der Waals surface area (Å²) in [6.07, 6.45) is 1.04. The lowest BCUT2D eigenvalue weighted by Crippen LogP contribution is -2.26. The van der Waals surface area contributed by atoms with E-state index in [-0.39, 0.29) is 6.04 Å². The topological polar surface area (TPSA) is 68.2 Å². The van der Waals surface area contributed by atoms with Crippen LogP contribution in [-0.4, -0.2) is 34.2 Å². The first-order valence-corrected chi connectivity index (χ1v) is 6.17. The summed E-state index contributed by atoms with van der Waals surface area (Å²) in [4.78, 5) is 6.65. The summed E-state index contributed by atoms with van der Waals surface area (Å²) < 4.78 is 5.27. The molecular weight excluding hydrogens is 228 g/mol. The monoisotopic (exact) mass is 244 g/mol. The molecule has 0 saturated carbocycles. The number of aromatic nitrogens is 2. The quantitative estimate of drug-likeness (QED) is 0.880. The Labute approximate surface area is 106 Å². The first-order valence-electron chi connectivity index (χ1n) is 6.17. The van der Waals surface area contributed by atoms with E-state index in [1.54, 1.807) is 0 Å². The van der Waals surface area contributed by atoms with Crippen LogP contribution in [0.15, 0.2) is 34.9 Å². The van der Waals surface area contributed by atoms with Crippen molar-refractivity contribution in [2.45, 2.75) is 19.0 Å². The van der Waals surface area contributed by atoms with Crippen molar-refractivity contribution in [2.75, 3.05) is 13.1 Å². The minimum absolute atomic E-state index is 0.279. The Hall–Kier alpha value is -1.72. The molecule has 5 heteroatoms. The van der Waals surface area contributed by atoms with Gasteiger partial charge in [-0.2, -0.15) is 4.98 Å². The van der Waals surface area contributed by atoms with Crippen molar-refractivity contribution in [3.8, 4) is 11.4 Å². The second-order valence-electron chi connectivity index (χ2n) is 4.66. The standard InChI is InChI=1S/C13H16N4O/c14-11-6-7-17(8-11)9-12-15-13(16-18-12)10-4-2-1-3-5-10/h1-5,11H,6-9,14H2. The Kier molecular flexibility index (Phi) is 3.08. The fraction of sp³-hybridized carbons (Fsp3) is 0.385. The zero-order valence-corrected chi connectivity index (χ0v) is 10.1. The van der Waals surface area contributed by atoms with Gasteiger partial charge in [0.25, 0.3) is 0 Å². The number of rotatable bonds is 3. The van der Waals surface area contributed by atoms with Crippen LogP contribution in [0.3, 0.4) is 0 Å². The molecule has 1 aliphatic heterocycles. The Morgan fingerprint density at radius 3 is 2.89 bits per heavy atom. The van der Waals surface area contributed by atoms with E-state index in [9.17, 15) is 0 Å². The molecule has 0 bridgehead atoms. The molecule has 2 heterocycles. The number of hydrogen-bond donors (Lipinski definition) is 1. The molecule has 18 heavy (non-hydrogen) atoms. The van der Waals surface area contributed by atoms with Crippen LogP contribution in [0, 0.1) is 0 Å². The number of nitrogens with zero attached hydrogens (tertiary/aromatic N) is 3. The van der Waals surface area contributed by atoms with Gasteiger partial charge in [-0.25, -0.2) is 0 Å².